The van der Waals surface area contributed by atoms with Gasteiger partial charge in [0.05, 0.1) is 0 Å². The Hall–Kier alpha value is -0.570. The molecule has 0 bridgehead atoms. The fourth-order valence-corrected chi connectivity index (χ4v) is 3.58. The molecule has 1 saturated heterocycles. The number of carbonyl (C=O) groups is 1. The van der Waals surface area contributed by atoms with Crippen molar-refractivity contribution >= 4 is 5.91 Å². The summed E-state index contributed by atoms with van der Waals surface area (Å²) in [7, 11) is 0. The first kappa shape index (κ1) is 13.9. The standard InChI is InChI=1S/C15H28N2O/c1-2-5-13(10-12-6-3-4-7-12)15(18)17-9-8-14(16)11-17/h12-14H,2-11,16H2,1H3/t13?,14-/m1/s1. The van der Waals surface area contributed by atoms with Gasteiger partial charge in [0.25, 0.3) is 0 Å². The van der Waals surface area contributed by atoms with Crippen molar-refractivity contribution in [3.63, 3.8) is 0 Å². The Morgan fingerprint density at radius 3 is 2.61 bits per heavy atom. The molecule has 0 aromatic rings. The van der Waals surface area contributed by atoms with Gasteiger partial charge in [-0.3, -0.25) is 4.79 Å². The molecule has 18 heavy (non-hydrogen) atoms. The second-order valence-electron chi connectivity index (χ2n) is 6.20. The Morgan fingerprint density at radius 2 is 2.06 bits per heavy atom. The van der Waals surface area contributed by atoms with Crippen molar-refractivity contribution in [1.29, 1.82) is 0 Å². The maximum absolute atomic E-state index is 12.5. The maximum atomic E-state index is 12.5. The lowest BCUT2D eigenvalue weighted by molar-refractivity contribution is -0.135. The Bertz CT molecular complexity index is 274. The van der Waals surface area contributed by atoms with Crippen LogP contribution in [0.3, 0.4) is 0 Å². The van der Waals surface area contributed by atoms with Crippen molar-refractivity contribution < 1.29 is 4.79 Å². The molecule has 1 aliphatic carbocycles. The molecule has 1 unspecified atom stereocenters. The Balaban J connectivity index is 1.88. The summed E-state index contributed by atoms with van der Waals surface area (Å²) in [5.41, 5.74) is 5.91. The topological polar surface area (TPSA) is 46.3 Å². The zero-order valence-corrected chi connectivity index (χ0v) is 11.7. The highest BCUT2D eigenvalue weighted by Crippen LogP contribution is 2.32. The van der Waals surface area contributed by atoms with E-state index in [0.717, 1.165) is 44.7 Å². The lowest BCUT2D eigenvalue weighted by atomic mass is 9.89. The zero-order chi connectivity index (χ0) is 13.0. The van der Waals surface area contributed by atoms with Gasteiger partial charge in [-0.2, -0.15) is 0 Å². The van der Waals surface area contributed by atoms with Crippen LogP contribution in [0.1, 0.15) is 58.3 Å². The number of likely N-dealkylation sites (tertiary alicyclic amines) is 1. The number of amides is 1. The number of carbonyl (C=O) groups excluding carboxylic acids is 1. The van der Waals surface area contributed by atoms with E-state index in [1.165, 1.54) is 25.7 Å². The molecule has 3 nitrogen and oxygen atoms in total. The number of nitrogens with two attached hydrogens (primary N) is 1. The highest BCUT2D eigenvalue weighted by Gasteiger charge is 2.31. The number of nitrogens with zero attached hydrogens (tertiary/aromatic N) is 1. The van der Waals surface area contributed by atoms with Crippen LogP contribution in [0.2, 0.25) is 0 Å². The van der Waals surface area contributed by atoms with Crippen molar-refractivity contribution in [2.24, 2.45) is 17.6 Å². The zero-order valence-electron chi connectivity index (χ0n) is 11.7. The molecule has 0 spiro atoms. The summed E-state index contributed by atoms with van der Waals surface area (Å²) >= 11 is 0. The van der Waals surface area contributed by atoms with Crippen LogP contribution in [0, 0.1) is 11.8 Å². The molecule has 0 aromatic carbocycles. The average Bonchev–Trinajstić information content (AvgIpc) is 2.99. The van der Waals surface area contributed by atoms with E-state index in [2.05, 4.69) is 6.92 Å². The highest BCUT2D eigenvalue weighted by atomic mass is 16.2. The molecule has 104 valence electrons. The molecule has 0 aromatic heterocycles. The van der Waals surface area contributed by atoms with Gasteiger partial charge in [0.15, 0.2) is 0 Å². The summed E-state index contributed by atoms with van der Waals surface area (Å²) in [5, 5.41) is 0. The Labute approximate surface area is 111 Å². The fraction of sp³-hybridized carbons (Fsp3) is 0.933. The van der Waals surface area contributed by atoms with Gasteiger partial charge in [0, 0.05) is 25.0 Å². The summed E-state index contributed by atoms with van der Waals surface area (Å²) in [6, 6.07) is 0.211. The predicted molar refractivity (Wildman–Crippen MR) is 74.1 cm³/mol. The molecule has 1 amide bonds. The maximum Gasteiger partial charge on any atom is 0.225 e. The van der Waals surface area contributed by atoms with E-state index in [1.54, 1.807) is 0 Å². The van der Waals surface area contributed by atoms with E-state index < -0.39 is 0 Å². The van der Waals surface area contributed by atoms with Gasteiger partial charge in [-0.05, 0) is 25.2 Å². The van der Waals surface area contributed by atoms with Gasteiger partial charge in [-0.25, -0.2) is 0 Å². The van der Waals surface area contributed by atoms with Crippen LogP contribution in [0.4, 0.5) is 0 Å². The molecular weight excluding hydrogens is 224 g/mol. The smallest absolute Gasteiger partial charge is 0.225 e. The van der Waals surface area contributed by atoms with Gasteiger partial charge < -0.3 is 10.6 Å². The summed E-state index contributed by atoms with van der Waals surface area (Å²) in [5.74, 6) is 1.46. The van der Waals surface area contributed by atoms with Crippen LogP contribution >= 0.6 is 0 Å². The van der Waals surface area contributed by atoms with Crippen molar-refractivity contribution in [3.8, 4) is 0 Å². The molecule has 2 fully saturated rings. The lowest BCUT2D eigenvalue weighted by Gasteiger charge is -2.25. The minimum absolute atomic E-state index is 0.211. The van der Waals surface area contributed by atoms with Crippen molar-refractivity contribution in [2.45, 2.75) is 64.3 Å². The fourth-order valence-electron chi connectivity index (χ4n) is 3.58. The van der Waals surface area contributed by atoms with E-state index >= 15 is 0 Å². The third-order valence-electron chi connectivity index (χ3n) is 4.62. The van der Waals surface area contributed by atoms with Gasteiger partial charge >= 0.3 is 0 Å². The molecule has 1 aliphatic heterocycles. The van der Waals surface area contributed by atoms with Gasteiger partial charge in [0.1, 0.15) is 0 Å². The monoisotopic (exact) mass is 252 g/mol. The quantitative estimate of drug-likeness (QED) is 0.817. The van der Waals surface area contributed by atoms with Crippen molar-refractivity contribution in [3.05, 3.63) is 0 Å². The number of rotatable bonds is 5. The van der Waals surface area contributed by atoms with Crippen LogP contribution < -0.4 is 5.73 Å². The second-order valence-corrected chi connectivity index (χ2v) is 6.20. The molecule has 2 aliphatic rings. The lowest BCUT2D eigenvalue weighted by Crippen LogP contribution is -2.37. The third kappa shape index (κ3) is 3.47. The molecule has 2 atom stereocenters. The van der Waals surface area contributed by atoms with Crippen molar-refractivity contribution in [1.82, 2.24) is 4.90 Å². The first-order valence-electron chi connectivity index (χ1n) is 7.75. The normalized spacial score (nSPS) is 26.8. The third-order valence-corrected chi connectivity index (χ3v) is 4.62. The molecule has 3 heteroatoms. The van der Waals surface area contributed by atoms with Crippen LogP contribution in [0.25, 0.3) is 0 Å². The predicted octanol–water partition coefficient (Wildman–Crippen LogP) is 2.54. The van der Waals surface area contributed by atoms with Crippen LogP contribution in [-0.4, -0.2) is 29.9 Å². The first-order valence-corrected chi connectivity index (χ1v) is 7.75. The Kier molecular flexibility index (Phi) is 5.04. The molecule has 0 radical (unpaired) electrons. The number of hydrogen-bond donors (Lipinski definition) is 1. The van der Waals surface area contributed by atoms with Gasteiger partial charge in [-0.1, -0.05) is 39.0 Å². The molecule has 2 rings (SSSR count). The van der Waals surface area contributed by atoms with Crippen LogP contribution in [-0.2, 0) is 4.79 Å². The molecular formula is C15H28N2O. The van der Waals surface area contributed by atoms with E-state index in [0.29, 0.717) is 5.91 Å². The minimum atomic E-state index is 0.211. The first-order chi connectivity index (χ1) is 8.70. The minimum Gasteiger partial charge on any atom is -0.341 e. The van der Waals surface area contributed by atoms with Crippen LogP contribution in [0.15, 0.2) is 0 Å². The van der Waals surface area contributed by atoms with E-state index in [9.17, 15) is 4.79 Å². The summed E-state index contributed by atoms with van der Waals surface area (Å²) in [6.45, 7) is 3.85. The molecule has 2 N–H and O–H groups in total. The molecule has 1 heterocycles. The number of hydrogen-bond acceptors (Lipinski definition) is 2. The summed E-state index contributed by atoms with van der Waals surface area (Å²) in [4.78, 5) is 14.6. The summed E-state index contributed by atoms with van der Waals surface area (Å²) < 4.78 is 0. The van der Waals surface area contributed by atoms with Crippen molar-refractivity contribution in [2.75, 3.05) is 13.1 Å². The second kappa shape index (κ2) is 6.55. The summed E-state index contributed by atoms with van der Waals surface area (Å²) in [6.07, 6.45) is 9.69. The Morgan fingerprint density at radius 1 is 1.33 bits per heavy atom. The van der Waals surface area contributed by atoms with E-state index in [1.807, 2.05) is 4.90 Å². The van der Waals surface area contributed by atoms with E-state index in [-0.39, 0.29) is 12.0 Å². The van der Waals surface area contributed by atoms with Crippen LogP contribution in [0.5, 0.6) is 0 Å². The SMILES string of the molecule is CCCC(CC1CCCC1)C(=O)N1CC[C@@H](N)C1. The van der Waals surface area contributed by atoms with Gasteiger partial charge in [-0.15, -0.1) is 0 Å². The highest BCUT2D eigenvalue weighted by molar-refractivity contribution is 5.79. The van der Waals surface area contributed by atoms with E-state index in [4.69, 9.17) is 5.73 Å². The molecule has 1 saturated carbocycles. The average molecular weight is 252 g/mol. The largest absolute Gasteiger partial charge is 0.341 e. The van der Waals surface area contributed by atoms with Gasteiger partial charge in [0.2, 0.25) is 5.91 Å².